The molecule has 0 saturated carbocycles. The summed E-state index contributed by atoms with van der Waals surface area (Å²) >= 11 is 0. The average Bonchev–Trinajstić information content (AvgIpc) is 3.49. The number of nitrogens with one attached hydrogen (secondary N) is 2. The number of hydrogen-bond acceptors (Lipinski definition) is 6. The van der Waals surface area contributed by atoms with Crippen LogP contribution in [0.15, 0.2) is 48.7 Å². The molecule has 0 aliphatic heterocycles. The van der Waals surface area contributed by atoms with E-state index in [-0.39, 0.29) is 5.82 Å². The van der Waals surface area contributed by atoms with Gasteiger partial charge in [0.2, 0.25) is 0 Å². The van der Waals surface area contributed by atoms with E-state index in [4.69, 9.17) is 14.8 Å². The summed E-state index contributed by atoms with van der Waals surface area (Å²) in [5.41, 5.74) is 2.57. The Bertz CT molecular complexity index is 1200. The molecule has 0 bridgehead atoms. The van der Waals surface area contributed by atoms with Gasteiger partial charge in [0.25, 0.3) is 0 Å². The lowest BCUT2D eigenvalue weighted by atomic mass is 10.1. The molecule has 1 aromatic carbocycles. The van der Waals surface area contributed by atoms with E-state index >= 15 is 0 Å². The molecular formula is C26H34FN7O. The maximum Gasteiger partial charge on any atom is 0.184 e. The van der Waals surface area contributed by atoms with E-state index in [2.05, 4.69) is 34.3 Å². The van der Waals surface area contributed by atoms with Crippen molar-refractivity contribution in [3.8, 4) is 0 Å². The first-order chi connectivity index (χ1) is 17.1. The van der Waals surface area contributed by atoms with Crippen LogP contribution in [0.5, 0.6) is 0 Å². The highest BCUT2D eigenvalue weighted by Gasteiger charge is 2.21. The average molecular weight is 480 g/mol. The molecule has 35 heavy (non-hydrogen) atoms. The van der Waals surface area contributed by atoms with Gasteiger partial charge < -0.3 is 15.0 Å². The van der Waals surface area contributed by atoms with Crippen LogP contribution >= 0.6 is 0 Å². The van der Waals surface area contributed by atoms with Crippen molar-refractivity contribution in [3.05, 3.63) is 71.6 Å². The SMILES string of the molecule is CCCN(CCC)CCCOC(c1ccc(F)cc1)c1nc(Nc2cc(C)[nH]n2)c2cccn2n1. The van der Waals surface area contributed by atoms with Gasteiger partial charge in [-0.1, -0.05) is 26.0 Å². The minimum absolute atomic E-state index is 0.291. The third kappa shape index (κ3) is 6.43. The van der Waals surface area contributed by atoms with Gasteiger partial charge in [0, 0.05) is 31.1 Å². The Hall–Kier alpha value is -3.30. The van der Waals surface area contributed by atoms with E-state index in [9.17, 15) is 4.39 Å². The van der Waals surface area contributed by atoms with Gasteiger partial charge in [0.1, 0.15) is 17.4 Å². The molecule has 0 radical (unpaired) electrons. The summed E-state index contributed by atoms with van der Waals surface area (Å²) in [6.45, 7) is 10.0. The van der Waals surface area contributed by atoms with Gasteiger partial charge in [-0.15, -0.1) is 5.10 Å². The number of aromatic amines is 1. The van der Waals surface area contributed by atoms with Crippen molar-refractivity contribution in [2.24, 2.45) is 0 Å². The quantitative estimate of drug-likeness (QED) is 0.255. The Morgan fingerprint density at radius 2 is 1.89 bits per heavy atom. The van der Waals surface area contributed by atoms with Gasteiger partial charge in [-0.3, -0.25) is 5.10 Å². The van der Waals surface area contributed by atoms with Gasteiger partial charge in [0.05, 0.1) is 0 Å². The highest BCUT2D eigenvalue weighted by Crippen LogP contribution is 2.27. The van der Waals surface area contributed by atoms with Crippen LogP contribution in [0.2, 0.25) is 0 Å². The molecular weight excluding hydrogens is 445 g/mol. The van der Waals surface area contributed by atoms with Gasteiger partial charge in [-0.05, 0) is 69.1 Å². The first-order valence-electron chi connectivity index (χ1n) is 12.3. The zero-order chi connectivity index (χ0) is 24.6. The number of H-pyrrole nitrogens is 1. The fourth-order valence-corrected chi connectivity index (χ4v) is 4.17. The topological polar surface area (TPSA) is 83.4 Å². The molecule has 4 aromatic rings. The highest BCUT2D eigenvalue weighted by molar-refractivity contribution is 5.72. The van der Waals surface area contributed by atoms with E-state index in [0.29, 0.717) is 24.1 Å². The predicted octanol–water partition coefficient (Wildman–Crippen LogP) is 5.26. The Labute approximate surface area is 205 Å². The first kappa shape index (κ1) is 24.8. The van der Waals surface area contributed by atoms with E-state index < -0.39 is 6.10 Å². The standard InChI is InChI=1S/C26H34FN7O/c1-4-13-33(14-5-2)15-7-17-35-24(20-9-11-21(27)12-10-20)26-29-25(22-8-6-16-34(22)32-26)28-23-18-19(3)30-31-23/h6,8-12,16,18,24H,4-5,7,13-15,17H2,1-3H3,(H2,28,29,30,31,32). The number of anilines is 2. The number of aromatic nitrogens is 5. The molecule has 0 amide bonds. The summed E-state index contributed by atoms with van der Waals surface area (Å²) < 4.78 is 21.8. The Morgan fingerprint density at radius 1 is 1.11 bits per heavy atom. The molecule has 0 fully saturated rings. The number of hydrogen-bond donors (Lipinski definition) is 2. The van der Waals surface area contributed by atoms with E-state index in [1.165, 1.54) is 12.1 Å². The fraction of sp³-hybridized carbons (Fsp3) is 0.423. The molecule has 0 aliphatic carbocycles. The molecule has 4 rings (SSSR count). The number of halogens is 1. The van der Waals surface area contributed by atoms with Gasteiger partial charge in [-0.25, -0.2) is 13.9 Å². The zero-order valence-electron chi connectivity index (χ0n) is 20.7. The Balaban J connectivity index is 1.59. The summed E-state index contributed by atoms with van der Waals surface area (Å²) in [6, 6.07) is 12.1. The molecule has 1 atom stereocenters. The molecule has 8 nitrogen and oxygen atoms in total. The molecule has 3 aromatic heterocycles. The van der Waals surface area contributed by atoms with Crippen LogP contribution in [0.3, 0.4) is 0 Å². The molecule has 9 heteroatoms. The van der Waals surface area contributed by atoms with Crippen molar-refractivity contribution in [1.29, 1.82) is 0 Å². The highest BCUT2D eigenvalue weighted by atomic mass is 19.1. The zero-order valence-corrected chi connectivity index (χ0v) is 20.7. The van der Waals surface area contributed by atoms with Gasteiger partial charge in [0.15, 0.2) is 17.5 Å². The summed E-state index contributed by atoms with van der Waals surface area (Å²) in [6.07, 6.45) is 4.50. The predicted molar refractivity (Wildman–Crippen MR) is 135 cm³/mol. The number of aryl methyl sites for hydroxylation is 1. The van der Waals surface area contributed by atoms with Crippen LogP contribution in [-0.2, 0) is 4.74 Å². The third-order valence-corrected chi connectivity index (χ3v) is 5.75. The number of ether oxygens (including phenoxy) is 1. The van der Waals surface area contributed by atoms with Crippen LogP contribution in [0.25, 0.3) is 5.52 Å². The van der Waals surface area contributed by atoms with Crippen LogP contribution in [0.4, 0.5) is 16.0 Å². The van der Waals surface area contributed by atoms with Crippen molar-refractivity contribution in [1.82, 2.24) is 29.7 Å². The third-order valence-electron chi connectivity index (χ3n) is 5.75. The second kappa shape index (κ2) is 11.9. The molecule has 2 N–H and O–H groups in total. The van der Waals surface area contributed by atoms with Crippen molar-refractivity contribution in [2.45, 2.75) is 46.1 Å². The van der Waals surface area contributed by atoms with Crippen molar-refractivity contribution in [2.75, 3.05) is 31.6 Å². The summed E-state index contributed by atoms with van der Waals surface area (Å²) in [5, 5.41) is 15.2. The van der Waals surface area contributed by atoms with Crippen LogP contribution < -0.4 is 5.32 Å². The maximum atomic E-state index is 13.7. The monoisotopic (exact) mass is 479 g/mol. The summed E-state index contributed by atoms with van der Waals surface area (Å²) in [5.74, 6) is 1.50. The molecule has 186 valence electrons. The summed E-state index contributed by atoms with van der Waals surface area (Å²) in [7, 11) is 0. The smallest absolute Gasteiger partial charge is 0.184 e. The lowest BCUT2D eigenvalue weighted by molar-refractivity contribution is 0.0654. The van der Waals surface area contributed by atoms with E-state index in [0.717, 1.165) is 55.7 Å². The second-order valence-corrected chi connectivity index (χ2v) is 8.72. The maximum absolute atomic E-state index is 13.7. The van der Waals surface area contributed by atoms with Crippen molar-refractivity contribution < 1.29 is 9.13 Å². The van der Waals surface area contributed by atoms with E-state index in [1.807, 2.05) is 31.3 Å². The van der Waals surface area contributed by atoms with Crippen molar-refractivity contribution in [3.63, 3.8) is 0 Å². The van der Waals surface area contributed by atoms with E-state index in [1.54, 1.807) is 16.6 Å². The second-order valence-electron chi connectivity index (χ2n) is 8.72. The molecule has 0 saturated heterocycles. The summed E-state index contributed by atoms with van der Waals surface area (Å²) in [4.78, 5) is 7.29. The minimum atomic E-state index is -0.533. The number of benzene rings is 1. The number of fused-ring (bicyclic) bond motifs is 1. The van der Waals surface area contributed by atoms with Crippen LogP contribution in [-0.4, -0.2) is 55.9 Å². The minimum Gasteiger partial charge on any atom is -0.365 e. The van der Waals surface area contributed by atoms with Crippen molar-refractivity contribution >= 4 is 17.2 Å². The lowest BCUT2D eigenvalue weighted by Gasteiger charge is -2.22. The molecule has 3 heterocycles. The first-order valence-corrected chi connectivity index (χ1v) is 12.3. The number of rotatable bonds is 13. The molecule has 1 unspecified atom stereocenters. The molecule has 0 spiro atoms. The largest absolute Gasteiger partial charge is 0.365 e. The lowest BCUT2D eigenvalue weighted by Crippen LogP contribution is -2.27. The number of nitrogens with zero attached hydrogens (tertiary/aromatic N) is 5. The molecule has 0 aliphatic rings. The normalized spacial score (nSPS) is 12.5. The van der Waals surface area contributed by atoms with Crippen LogP contribution in [0.1, 0.15) is 56.3 Å². The Morgan fingerprint density at radius 3 is 2.57 bits per heavy atom. The fourth-order valence-electron chi connectivity index (χ4n) is 4.17. The van der Waals surface area contributed by atoms with Gasteiger partial charge >= 0.3 is 0 Å². The van der Waals surface area contributed by atoms with Crippen LogP contribution in [0, 0.1) is 12.7 Å². The van der Waals surface area contributed by atoms with Gasteiger partial charge in [-0.2, -0.15) is 5.10 Å². The Kier molecular flexibility index (Phi) is 8.44.